The zero-order valence-electron chi connectivity index (χ0n) is 10.9. The smallest absolute Gasteiger partial charge is 0.335 e. The fourth-order valence-electron chi connectivity index (χ4n) is 2.13. The van der Waals surface area contributed by atoms with E-state index in [4.69, 9.17) is 5.11 Å². The summed E-state index contributed by atoms with van der Waals surface area (Å²) in [6.45, 7) is 0. The maximum atomic E-state index is 11.0. The van der Waals surface area contributed by atoms with Gasteiger partial charge in [0.1, 0.15) is 0 Å². The maximum absolute atomic E-state index is 11.0. The van der Waals surface area contributed by atoms with E-state index in [1.54, 1.807) is 24.5 Å². The molecule has 0 amide bonds. The molecule has 0 aliphatic heterocycles. The first-order chi connectivity index (χ1) is 9.65. The molecule has 20 heavy (non-hydrogen) atoms. The molecule has 0 unspecified atom stereocenters. The first kappa shape index (κ1) is 12.2. The summed E-state index contributed by atoms with van der Waals surface area (Å²) in [5.41, 5.74) is 3.91. The van der Waals surface area contributed by atoms with Crippen LogP contribution in [0, 0.1) is 0 Å². The Kier molecular flexibility index (Phi) is 2.87. The van der Waals surface area contributed by atoms with Crippen molar-refractivity contribution in [2.45, 2.75) is 0 Å². The minimum Gasteiger partial charge on any atom is -0.478 e. The van der Waals surface area contributed by atoms with Crippen LogP contribution in [0.4, 0.5) is 11.4 Å². The molecule has 1 heterocycles. The Morgan fingerprint density at radius 1 is 1.20 bits per heavy atom. The Hall–Kier alpha value is -2.82. The first-order valence-corrected chi connectivity index (χ1v) is 6.15. The maximum Gasteiger partial charge on any atom is 0.335 e. The van der Waals surface area contributed by atoms with Crippen molar-refractivity contribution in [3.63, 3.8) is 0 Å². The lowest BCUT2D eigenvalue weighted by molar-refractivity contribution is 0.0697. The Morgan fingerprint density at radius 3 is 2.80 bits per heavy atom. The van der Waals surface area contributed by atoms with Crippen molar-refractivity contribution in [3.05, 3.63) is 54.4 Å². The number of hydrogen-bond acceptors (Lipinski definition) is 3. The second-order valence-electron chi connectivity index (χ2n) is 4.52. The minimum atomic E-state index is -0.927. The van der Waals surface area contributed by atoms with Gasteiger partial charge in [-0.3, -0.25) is 0 Å². The number of nitrogens with one attached hydrogen (secondary N) is 1. The van der Waals surface area contributed by atoms with E-state index in [1.165, 1.54) is 0 Å². The molecule has 0 saturated carbocycles. The summed E-state index contributed by atoms with van der Waals surface area (Å²) >= 11 is 0. The molecule has 0 radical (unpaired) electrons. The third-order valence-corrected chi connectivity index (χ3v) is 3.27. The number of benzene rings is 2. The van der Waals surface area contributed by atoms with Gasteiger partial charge in [0.05, 0.1) is 22.9 Å². The predicted molar refractivity (Wildman–Crippen MR) is 77.6 cm³/mol. The highest BCUT2D eigenvalue weighted by Gasteiger charge is 2.09. The summed E-state index contributed by atoms with van der Waals surface area (Å²) < 4.78 is 0. The Balaban J connectivity index is 2.00. The second kappa shape index (κ2) is 4.70. The number of fused-ring (bicyclic) bond motifs is 1. The molecule has 0 atom stereocenters. The van der Waals surface area contributed by atoms with Gasteiger partial charge in [0.15, 0.2) is 0 Å². The number of aromatic carboxylic acids is 1. The van der Waals surface area contributed by atoms with Crippen molar-refractivity contribution in [3.8, 4) is 0 Å². The highest BCUT2D eigenvalue weighted by molar-refractivity contribution is 5.89. The Morgan fingerprint density at radius 2 is 2.00 bits per heavy atom. The van der Waals surface area contributed by atoms with Crippen molar-refractivity contribution < 1.29 is 9.90 Å². The third-order valence-electron chi connectivity index (χ3n) is 3.27. The van der Waals surface area contributed by atoms with Crippen molar-refractivity contribution in [1.29, 1.82) is 0 Å². The largest absolute Gasteiger partial charge is 0.478 e. The number of nitrogens with zero attached hydrogens (tertiary/aromatic N) is 2. The number of carboxylic acids is 1. The van der Waals surface area contributed by atoms with E-state index in [9.17, 15) is 4.79 Å². The standard InChI is InChI=1S/C15H13N3O2/c1-18(11-4-2-3-10(7-11)15(19)20)12-5-6-13-14(8-12)17-9-16-13/h2-9H,1H3,(H,16,17)(H,19,20). The third kappa shape index (κ3) is 2.09. The van der Waals surface area contributed by atoms with E-state index in [-0.39, 0.29) is 5.56 Å². The quantitative estimate of drug-likeness (QED) is 0.765. The monoisotopic (exact) mass is 267 g/mol. The van der Waals surface area contributed by atoms with Gasteiger partial charge in [-0.2, -0.15) is 0 Å². The Labute approximate surface area is 115 Å². The average molecular weight is 267 g/mol. The average Bonchev–Trinajstić information content (AvgIpc) is 2.94. The molecule has 5 heteroatoms. The van der Waals surface area contributed by atoms with Crippen LogP contribution < -0.4 is 4.90 Å². The lowest BCUT2D eigenvalue weighted by Crippen LogP contribution is -2.10. The first-order valence-electron chi connectivity index (χ1n) is 6.15. The number of anilines is 2. The number of aromatic amines is 1. The van der Waals surface area contributed by atoms with Crippen molar-refractivity contribution in [2.75, 3.05) is 11.9 Å². The van der Waals surface area contributed by atoms with E-state index in [2.05, 4.69) is 9.97 Å². The summed E-state index contributed by atoms with van der Waals surface area (Å²) in [6, 6.07) is 12.7. The summed E-state index contributed by atoms with van der Waals surface area (Å²) in [5.74, 6) is -0.927. The van der Waals surface area contributed by atoms with E-state index < -0.39 is 5.97 Å². The molecule has 0 fully saturated rings. The molecule has 3 aromatic rings. The number of aromatic nitrogens is 2. The van der Waals surface area contributed by atoms with Crippen molar-refractivity contribution in [2.24, 2.45) is 0 Å². The molecule has 2 N–H and O–H groups in total. The van der Waals surface area contributed by atoms with Gasteiger partial charge in [0.25, 0.3) is 0 Å². The molecule has 100 valence electrons. The number of H-pyrrole nitrogens is 1. The zero-order chi connectivity index (χ0) is 14.1. The van der Waals surface area contributed by atoms with Gasteiger partial charge in [-0.25, -0.2) is 9.78 Å². The summed E-state index contributed by atoms with van der Waals surface area (Å²) in [7, 11) is 1.90. The normalized spacial score (nSPS) is 10.7. The minimum absolute atomic E-state index is 0.275. The van der Waals surface area contributed by atoms with Crippen LogP contribution >= 0.6 is 0 Å². The molecule has 0 saturated heterocycles. The fraction of sp³-hybridized carbons (Fsp3) is 0.0667. The van der Waals surface area contributed by atoms with Crippen molar-refractivity contribution >= 4 is 28.4 Å². The lowest BCUT2D eigenvalue weighted by atomic mass is 10.1. The van der Waals surface area contributed by atoms with Crippen molar-refractivity contribution in [1.82, 2.24) is 9.97 Å². The molecular formula is C15H13N3O2. The van der Waals surface area contributed by atoms with Crippen LogP contribution in [0.1, 0.15) is 10.4 Å². The summed E-state index contributed by atoms with van der Waals surface area (Å²) in [5, 5.41) is 9.04. The molecule has 0 aliphatic rings. The van der Waals surface area contributed by atoms with Crippen LogP contribution in [-0.2, 0) is 0 Å². The van der Waals surface area contributed by atoms with E-state index in [0.29, 0.717) is 0 Å². The van der Waals surface area contributed by atoms with E-state index >= 15 is 0 Å². The molecule has 0 aliphatic carbocycles. The highest BCUT2D eigenvalue weighted by Crippen LogP contribution is 2.26. The van der Waals surface area contributed by atoms with Crippen LogP contribution in [0.5, 0.6) is 0 Å². The van der Waals surface area contributed by atoms with Gasteiger partial charge >= 0.3 is 5.97 Å². The van der Waals surface area contributed by atoms with Crippen LogP contribution in [0.15, 0.2) is 48.8 Å². The predicted octanol–water partition coefficient (Wildman–Crippen LogP) is 3.03. The Bertz CT molecular complexity index is 779. The molecule has 5 nitrogen and oxygen atoms in total. The molecule has 0 spiro atoms. The summed E-state index contributed by atoms with van der Waals surface area (Å²) in [4.78, 5) is 20.2. The van der Waals surface area contributed by atoms with Gasteiger partial charge in [0, 0.05) is 18.4 Å². The number of carbonyl (C=O) groups is 1. The van der Waals surface area contributed by atoms with Gasteiger partial charge in [0.2, 0.25) is 0 Å². The van der Waals surface area contributed by atoms with Crippen LogP contribution in [0.2, 0.25) is 0 Å². The number of hydrogen-bond donors (Lipinski definition) is 2. The summed E-state index contributed by atoms with van der Waals surface area (Å²) in [6.07, 6.45) is 1.65. The van der Waals surface area contributed by atoms with E-state index in [1.807, 2.05) is 36.2 Å². The zero-order valence-corrected chi connectivity index (χ0v) is 10.9. The molecule has 0 bridgehead atoms. The molecular weight excluding hydrogens is 254 g/mol. The lowest BCUT2D eigenvalue weighted by Gasteiger charge is -2.19. The SMILES string of the molecule is CN(c1cccc(C(=O)O)c1)c1ccc2nc[nH]c2c1. The van der Waals surface area contributed by atoms with Gasteiger partial charge < -0.3 is 15.0 Å². The van der Waals surface area contributed by atoms with Crippen LogP contribution in [-0.4, -0.2) is 28.1 Å². The molecule has 1 aromatic heterocycles. The van der Waals surface area contributed by atoms with Crippen LogP contribution in [0.25, 0.3) is 11.0 Å². The van der Waals surface area contributed by atoms with Gasteiger partial charge in [-0.05, 0) is 36.4 Å². The van der Waals surface area contributed by atoms with E-state index in [0.717, 1.165) is 22.4 Å². The highest BCUT2D eigenvalue weighted by atomic mass is 16.4. The number of carboxylic acid groups (broad SMARTS) is 1. The van der Waals surface area contributed by atoms with Gasteiger partial charge in [-0.1, -0.05) is 6.07 Å². The topological polar surface area (TPSA) is 69.2 Å². The van der Waals surface area contributed by atoms with Crippen LogP contribution in [0.3, 0.4) is 0 Å². The molecule has 3 rings (SSSR count). The van der Waals surface area contributed by atoms with Gasteiger partial charge in [-0.15, -0.1) is 0 Å². The molecule has 2 aromatic carbocycles. The fourth-order valence-corrected chi connectivity index (χ4v) is 2.13. The number of rotatable bonds is 3. The number of imidazole rings is 1. The second-order valence-corrected chi connectivity index (χ2v) is 4.52.